The third-order valence-electron chi connectivity index (χ3n) is 3.77. The minimum absolute atomic E-state index is 0.0577. The molecule has 122 valence electrons. The maximum absolute atomic E-state index is 12.3. The zero-order chi connectivity index (χ0) is 17.0. The van der Waals surface area contributed by atoms with Crippen molar-refractivity contribution in [3.63, 3.8) is 0 Å². The highest BCUT2D eigenvalue weighted by Crippen LogP contribution is 2.30. The number of amides is 1. The van der Waals surface area contributed by atoms with Crippen LogP contribution in [0.15, 0.2) is 30.0 Å². The molecule has 2 rings (SSSR count). The van der Waals surface area contributed by atoms with Crippen LogP contribution in [0, 0.1) is 23.2 Å². The first-order valence-electron chi connectivity index (χ1n) is 7.52. The Kier molecular flexibility index (Phi) is 5.92. The molecule has 0 spiro atoms. The lowest BCUT2D eigenvalue weighted by molar-refractivity contribution is -0.112. The van der Waals surface area contributed by atoms with Crippen molar-refractivity contribution < 1.29 is 4.79 Å². The Morgan fingerprint density at radius 1 is 1.35 bits per heavy atom. The van der Waals surface area contributed by atoms with E-state index in [-0.39, 0.29) is 10.6 Å². The normalized spacial score (nSPS) is 21.7. The Morgan fingerprint density at radius 3 is 2.61 bits per heavy atom. The van der Waals surface area contributed by atoms with E-state index in [4.69, 9.17) is 23.2 Å². The average Bonchev–Trinajstić information content (AvgIpc) is 2.48. The largest absolute Gasteiger partial charge is 0.376 e. The molecular weight excluding hydrogens is 333 g/mol. The van der Waals surface area contributed by atoms with Crippen molar-refractivity contribution >= 4 is 34.8 Å². The number of halogens is 2. The number of benzene rings is 1. The molecule has 2 unspecified atom stereocenters. The number of carbonyl (C=O) groups excluding carboxylic acids is 1. The smallest absolute Gasteiger partial charge is 0.267 e. The van der Waals surface area contributed by atoms with E-state index in [9.17, 15) is 10.1 Å². The van der Waals surface area contributed by atoms with Crippen LogP contribution in [-0.4, -0.2) is 23.9 Å². The summed E-state index contributed by atoms with van der Waals surface area (Å²) in [7, 11) is 0. The monoisotopic (exact) mass is 351 g/mol. The summed E-state index contributed by atoms with van der Waals surface area (Å²) in [5.41, 5.74) is 0.452. The van der Waals surface area contributed by atoms with Crippen LogP contribution in [0.1, 0.15) is 20.3 Å². The Hall–Kier alpha value is -1.70. The molecule has 1 aromatic carbocycles. The molecule has 0 aromatic heterocycles. The van der Waals surface area contributed by atoms with Crippen LogP contribution < -0.4 is 5.32 Å². The Bertz CT molecular complexity index is 656. The van der Waals surface area contributed by atoms with Gasteiger partial charge in [0.05, 0.1) is 15.7 Å². The summed E-state index contributed by atoms with van der Waals surface area (Å²) in [5, 5.41) is 12.6. The number of rotatable bonds is 3. The molecule has 1 fully saturated rings. The summed E-state index contributed by atoms with van der Waals surface area (Å²) in [4.78, 5) is 14.4. The second-order valence-corrected chi connectivity index (χ2v) is 6.90. The van der Waals surface area contributed by atoms with Gasteiger partial charge < -0.3 is 10.2 Å². The zero-order valence-corrected chi connectivity index (χ0v) is 14.7. The van der Waals surface area contributed by atoms with Crippen LogP contribution in [0.3, 0.4) is 0 Å². The number of carbonyl (C=O) groups is 1. The molecule has 6 heteroatoms. The van der Waals surface area contributed by atoms with Gasteiger partial charge in [-0.1, -0.05) is 43.1 Å². The standard InChI is InChI=1S/C17H19Cl2N3O/c1-11-6-12(2)9-22(8-11)10-13(7-20)17(23)21-15-5-3-4-14(18)16(15)19/h3-5,10-12H,6,8-9H2,1-2H3,(H,21,23)/b13-10-. The molecule has 0 radical (unpaired) electrons. The molecular formula is C17H19Cl2N3O. The van der Waals surface area contributed by atoms with E-state index in [2.05, 4.69) is 19.2 Å². The van der Waals surface area contributed by atoms with Crippen LogP contribution >= 0.6 is 23.2 Å². The van der Waals surface area contributed by atoms with Crippen molar-refractivity contribution in [2.45, 2.75) is 20.3 Å². The van der Waals surface area contributed by atoms with E-state index in [1.807, 2.05) is 11.0 Å². The maximum atomic E-state index is 12.3. The summed E-state index contributed by atoms with van der Waals surface area (Å²) in [6.07, 6.45) is 2.80. The van der Waals surface area contributed by atoms with E-state index in [0.717, 1.165) is 19.5 Å². The van der Waals surface area contributed by atoms with Gasteiger partial charge in [-0.2, -0.15) is 5.26 Å². The van der Waals surface area contributed by atoms with Gasteiger partial charge in [0.1, 0.15) is 11.6 Å². The first-order chi connectivity index (χ1) is 10.9. The number of nitrogens with one attached hydrogen (secondary N) is 1. The Balaban J connectivity index is 2.14. The molecule has 1 amide bonds. The number of hydrogen-bond acceptors (Lipinski definition) is 3. The highest BCUT2D eigenvalue weighted by Gasteiger charge is 2.21. The molecule has 1 saturated heterocycles. The minimum atomic E-state index is -0.484. The maximum Gasteiger partial charge on any atom is 0.267 e. The lowest BCUT2D eigenvalue weighted by Crippen LogP contribution is -2.35. The van der Waals surface area contributed by atoms with Gasteiger partial charge >= 0.3 is 0 Å². The number of nitriles is 1. The third-order valence-corrected chi connectivity index (χ3v) is 4.59. The average molecular weight is 352 g/mol. The number of hydrogen-bond donors (Lipinski definition) is 1. The van der Waals surface area contributed by atoms with Crippen molar-refractivity contribution in [2.24, 2.45) is 11.8 Å². The summed E-state index contributed by atoms with van der Waals surface area (Å²) < 4.78 is 0. The second-order valence-electron chi connectivity index (χ2n) is 6.11. The molecule has 4 nitrogen and oxygen atoms in total. The fourth-order valence-electron chi connectivity index (χ4n) is 2.93. The topological polar surface area (TPSA) is 56.1 Å². The lowest BCUT2D eigenvalue weighted by Gasteiger charge is -2.34. The third kappa shape index (κ3) is 4.63. The molecule has 1 N–H and O–H groups in total. The predicted molar refractivity (Wildman–Crippen MR) is 93.3 cm³/mol. The van der Waals surface area contributed by atoms with E-state index >= 15 is 0 Å². The van der Waals surface area contributed by atoms with Crippen LogP contribution in [0.25, 0.3) is 0 Å². The van der Waals surface area contributed by atoms with Crippen molar-refractivity contribution in [3.05, 3.63) is 40.0 Å². The highest BCUT2D eigenvalue weighted by molar-refractivity contribution is 6.44. The van der Waals surface area contributed by atoms with E-state index in [1.165, 1.54) is 0 Å². The summed E-state index contributed by atoms with van der Waals surface area (Å²) >= 11 is 12.0. The molecule has 1 heterocycles. The van der Waals surface area contributed by atoms with Crippen LogP contribution in [-0.2, 0) is 4.79 Å². The molecule has 0 bridgehead atoms. The molecule has 0 saturated carbocycles. The van der Waals surface area contributed by atoms with Gasteiger partial charge in [0.2, 0.25) is 0 Å². The van der Waals surface area contributed by atoms with E-state index in [0.29, 0.717) is 22.5 Å². The second kappa shape index (κ2) is 7.72. The fraction of sp³-hybridized carbons (Fsp3) is 0.412. The molecule has 1 aromatic rings. The van der Waals surface area contributed by atoms with Crippen molar-refractivity contribution in [1.29, 1.82) is 5.26 Å². The molecule has 1 aliphatic heterocycles. The van der Waals surface area contributed by atoms with Gasteiger partial charge in [-0.05, 0) is 30.4 Å². The van der Waals surface area contributed by atoms with Gasteiger partial charge in [-0.15, -0.1) is 0 Å². The van der Waals surface area contributed by atoms with Crippen LogP contribution in [0.5, 0.6) is 0 Å². The molecule has 23 heavy (non-hydrogen) atoms. The minimum Gasteiger partial charge on any atom is -0.376 e. The first kappa shape index (κ1) is 17.7. The molecule has 1 aliphatic rings. The summed E-state index contributed by atoms with van der Waals surface area (Å²) in [6, 6.07) is 6.93. The van der Waals surface area contributed by atoms with Gasteiger partial charge in [-0.3, -0.25) is 4.79 Å². The number of nitrogens with zero attached hydrogens (tertiary/aromatic N) is 2. The van der Waals surface area contributed by atoms with Gasteiger partial charge in [0.25, 0.3) is 5.91 Å². The van der Waals surface area contributed by atoms with Gasteiger partial charge in [0, 0.05) is 19.3 Å². The number of anilines is 1. The van der Waals surface area contributed by atoms with Crippen molar-refractivity contribution in [1.82, 2.24) is 4.90 Å². The zero-order valence-electron chi connectivity index (χ0n) is 13.1. The molecule has 0 aliphatic carbocycles. The van der Waals surface area contributed by atoms with E-state index in [1.54, 1.807) is 24.4 Å². The Morgan fingerprint density at radius 2 is 2.00 bits per heavy atom. The van der Waals surface area contributed by atoms with Crippen molar-refractivity contribution in [3.8, 4) is 6.07 Å². The molecule has 2 atom stereocenters. The quantitative estimate of drug-likeness (QED) is 0.651. The predicted octanol–water partition coefficient (Wildman–Crippen LogP) is 4.32. The highest BCUT2D eigenvalue weighted by atomic mass is 35.5. The summed E-state index contributed by atoms with van der Waals surface area (Å²) in [6.45, 7) is 6.05. The Labute approximate surface area is 146 Å². The fourth-order valence-corrected chi connectivity index (χ4v) is 3.28. The van der Waals surface area contributed by atoms with Crippen LogP contribution in [0.2, 0.25) is 10.0 Å². The van der Waals surface area contributed by atoms with Gasteiger partial charge in [-0.25, -0.2) is 0 Å². The first-order valence-corrected chi connectivity index (χ1v) is 8.27. The van der Waals surface area contributed by atoms with Gasteiger partial charge in [0.15, 0.2) is 0 Å². The lowest BCUT2D eigenvalue weighted by atomic mass is 9.92. The SMILES string of the molecule is CC1CC(C)CN(/C=C(/C#N)C(=O)Nc2cccc(Cl)c2Cl)C1. The van der Waals surface area contributed by atoms with Crippen molar-refractivity contribution in [2.75, 3.05) is 18.4 Å². The number of likely N-dealkylation sites (tertiary alicyclic amines) is 1. The van der Waals surface area contributed by atoms with Crippen LogP contribution in [0.4, 0.5) is 5.69 Å². The summed E-state index contributed by atoms with van der Waals surface area (Å²) in [5.74, 6) is 0.600. The number of piperidine rings is 1. The van der Waals surface area contributed by atoms with E-state index < -0.39 is 5.91 Å².